The van der Waals surface area contributed by atoms with Crippen molar-refractivity contribution in [2.45, 2.75) is 37.5 Å². The molecule has 0 fully saturated rings. The van der Waals surface area contributed by atoms with Gasteiger partial charge in [-0.05, 0) is 42.7 Å². The van der Waals surface area contributed by atoms with Gasteiger partial charge < -0.3 is 10.1 Å². The van der Waals surface area contributed by atoms with E-state index in [1.165, 1.54) is 0 Å². The predicted octanol–water partition coefficient (Wildman–Crippen LogP) is 2.89. The third-order valence-electron chi connectivity index (χ3n) is 5.22. The van der Waals surface area contributed by atoms with Crippen molar-refractivity contribution in [3.05, 3.63) is 76.5 Å². The quantitative estimate of drug-likeness (QED) is 0.557. The molecule has 0 aliphatic carbocycles. The number of hydrogen-bond donors (Lipinski definition) is 1. The summed E-state index contributed by atoms with van der Waals surface area (Å²) in [5.41, 5.74) is 1.12. The minimum atomic E-state index is -3.86. The summed E-state index contributed by atoms with van der Waals surface area (Å²) < 4.78 is 55.2. The minimum Gasteiger partial charge on any atom is -0.494 e. The zero-order chi connectivity index (χ0) is 23.2. The molecule has 32 heavy (non-hydrogen) atoms. The Bertz CT molecular complexity index is 1160. The monoisotopic (exact) mass is 477 g/mol. The molecule has 0 aromatic heterocycles. The van der Waals surface area contributed by atoms with Crippen LogP contribution in [-0.4, -0.2) is 46.4 Å². The normalized spacial score (nSPS) is 19.7. The predicted molar refractivity (Wildman–Crippen MR) is 124 cm³/mol. The van der Waals surface area contributed by atoms with Crippen LogP contribution in [0.5, 0.6) is 5.75 Å². The Morgan fingerprint density at radius 2 is 1.72 bits per heavy atom. The second-order valence-corrected chi connectivity index (χ2v) is 11.7. The van der Waals surface area contributed by atoms with Gasteiger partial charge in [-0.2, -0.15) is 0 Å². The topological polar surface area (TPSA) is 107 Å². The molecule has 1 N–H and O–H groups in total. The molecule has 7 nitrogen and oxygen atoms in total. The Morgan fingerprint density at radius 1 is 1.03 bits per heavy atom. The van der Waals surface area contributed by atoms with Crippen molar-refractivity contribution in [2.75, 3.05) is 12.4 Å². The Hall–Kier alpha value is -2.65. The van der Waals surface area contributed by atoms with Crippen LogP contribution in [0.1, 0.15) is 35.7 Å². The van der Waals surface area contributed by atoms with Crippen LogP contribution < -0.4 is 10.1 Å². The van der Waals surface area contributed by atoms with E-state index in [-0.39, 0.29) is 6.42 Å². The molecule has 0 saturated heterocycles. The maximum atomic E-state index is 12.9. The summed E-state index contributed by atoms with van der Waals surface area (Å²) >= 11 is 0. The maximum absolute atomic E-state index is 12.9. The molecule has 172 valence electrons. The highest BCUT2D eigenvalue weighted by atomic mass is 32.2. The number of hydrogen-bond acceptors (Lipinski definition) is 6. The molecule has 1 heterocycles. The van der Waals surface area contributed by atoms with E-state index in [4.69, 9.17) is 4.74 Å². The molecule has 2 aromatic rings. The first-order valence-corrected chi connectivity index (χ1v) is 13.7. The summed E-state index contributed by atoms with van der Waals surface area (Å²) in [6, 6.07) is 14.7. The first-order chi connectivity index (χ1) is 15.2. The average molecular weight is 478 g/mol. The molecule has 0 spiro atoms. The van der Waals surface area contributed by atoms with Crippen LogP contribution in [0.25, 0.3) is 0 Å². The Morgan fingerprint density at radius 3 is 2.38 bits per heavy atom. The number of unbranched alkanes of at least 4 members (excludes halogenated alkanes) is 1. The van der Waals surface area contributed by atoms with Crippen LogP contribution >= 0.6 is 0 Å². The number of carbonyl (C=O) groups excluding carboxylic acids is 1. The van der Waals surface area contributed by atoms with Gasteiger partial charge in [0.15, 0.2) is 19.7 Å². The van der Waals surface area contributed by atoms with E-state index in [2.05, 4.69) is 12.2 Å². The van der Waals surface area contributed by atoms with E-state index >= 15 is 0 Å². The van der Waals surface area contributed by atoms with Crippen LogP contribution in [0, 0.1) is 0 Å². The van der Waals surface area contributed by atoms with Crippen LogP contribution in [0.3, 0.4) is 0 Å². The fourth-order valence-corrected chi connectivity index (χ4v) is 7.67. The fraction of sp³-hybridized carbons (Fsp3) is 0.348. The lowest BCUT2D eigenvalue weighted by atomic mass is 10.0. The minimum absolute atomic E-state index is 0.179. The van der Waals surface area contributed by atoms with Crippen molar-refractivity contribution in [1.29, 1.82) is 0 Å². The molecule has 1 amide bonds. The lowest BCUT2D eigenvalue weighted by Crippen LogP contribution is -2.51. The molecule has 2 unspecified atom stereocenters. The number of rotatable bonds is 9. The number of nitrogens with one attached hydrogen (secondary N) is 1. The smallest absolute Gasteiger partial charge is 0.251 e. The fourth-order valence-electron chi connectivity index (χ4n) is 3.42. The molecule has 1 aliphatic heterocycles. The zero-order valence-electron chi connectivity index (χ0n) is 17.8. The van der Waals surface area contributed by atoms with Crippen molar-refractivity contribution >= 4 is 25.6 Å². The van der Waals surface area contributed by atoms with Crippen LogP contribution in [0.4, 0.5) is 0 Å². The van der Waals surface area contributed by atoms with Gasteiger partial charge in [-0.1, -0.05) is 43.7 Å². The Labute approximate surface area is 189 Å². The summed E-state index contributed by atoms with van der Waals surface area (Å²) in [7, 11) is -7.54. The SMILES string of the molecule is CCCCOc1ccc(C(=O)NC(Cc2ccccc2)C2CS(=O)(=O)C=CS2(=O)=O)cc1. The first kappa shape index (κ1) is 24.0. The zero-order valence-corrected chi connectivity index (χ0v) is 19.4. The Balaban J connectivity index is 1.82. The van der Waals surface area contributed by atoms with Gasteiger partial charge in [0.1, 0.15) is 11.0 Å². The summed E-state index contributed by atoms with van der Waals surface area (Å²) in [4.78, 5) is 12.9. The van der Waals surface area contributed by atoms with Gasteiger partial charge in [-0.25, -0.2) is 16.8 Å². The van der Waals surface area contributed by atoms with Crippen LogP contribution in [0.15, 0.2) is 65.4 Å². The molecular formula is C23H27NO6S2. The largest absolute Gasteiger partial charge is 0.494 e. The number of amides is 1. The van der Waals surface area contributed by atoms with E-state index < -0.39 is 42.6 Å². The van der Waals surface area contributed by atoms with Gasteiger partial charge >= 0.3 is 0 Å². The highest BCUT2D eigenvalue weighted by Gasteiger charge is 2.39. The van der Waals surface area contributed by atoms with E-state index in [0.717, 1.165) is 29.2 Å². The second kappa shape index (κ2) is 10.3. The number of benzene rings is 2. The third-order valence-corrected chi connectivity index (χ3v) is 8.83. The maximum Gasteiger partial charge on any atom is 0.251 e. The van der Waals surface area contributed by atoms with Crippen molar-refractivity contribution in [3.8, 4) is 5.75 Å². The van der Waals surface area contributed by atoms with E-state index in [9.17, 15) is 21.6 Å². The van der Waals surface area contributed by atoms with Crippen molar-refractivity contribution in [3.63, 3.8) is 0 Å². The molecule has 1 aliphatic rings. The highest BCUT2D eigenvalue weighted by Crippen LogP contribution is 2.22. The molecule has 3 rings (SSSR count). The molecule has 0 radical (unpaired) electrons. The van der Waals surface area contributed by atoms with Crippen molar-refractivity contribution in [1.82, 2.24) is 5.32 Å². The molecule has 0 bridgehead atoms. The summed E-state index contributed by atoms with van der Waals surface area (Å²) in [6.07, 6.45) is 2.12. The van der Waals surface area contributed by atoms with Gasteiger partial charge in [-0.3, -0.25) is 4.79 Å². The van der Waals surface area contributed by atoms with E-state index in [1.807, 2.05) is 6.07 Å². The molecular weight excluding hydrogens is 450 g/mol. The standard InChI is InChI=1S/C23H27NO6S2/c1-2-3-13-30-20-11-9-19(10-12-20)23(25)24-21(16-18-7-5-4-6-8-18)22-17-31(26,27)14-15-32(22,28)29/h4-12,14-15,21-22H,2-3,13,16-17H2,1H3,(H,24,25). The van der Waals surface area contributed by atoms with Gasteiger partial charge in [0.2, 0.25) is 0 Å². The first-order valence-electron chi connectivity index (χ1n) is 10.4. The van der Waals surface area contributed by atoms with E-state index in [0.29, 0.717) is 17.9 Å². The van der Waals surface area contributed by atoms with Gasteiger partial charge in [0.05, 0.1) is 18.4 Å². The lowest BCUT2D eigenvalue weighted by Gasteiger charge is -2.28. The molecule has 2 atom stereocenters. The number of carbonyl (C=O) groups is 1. The van der Waals surface area contributed by atoms with Crippen molar-refractivity contribution < 1.29 is 26.4 Å². The third kappa shape index (κ3) is 6.43. The average Bonchev–Trinajstić information content (AvgIpc) is 2.76. The number of ether oxygens (including phenoxy) is 1. The summed E-state index contributed by atoms with van der Waals surface area (Å²) in [5, 5.41) is 2.93. The second-order valence-electron chi connectivity index (χ2n) is 7.73. The van der Waals surface area contributed by atoms with E-state index in [1.54, 1.807) is 48.5 Å². The van der Waals surface area contributed by atoms with Crippen molar-refractivity contribution in [2.24, 2.45) is 0 Å². The van der Waals surface area contributed by atoms with Crippen LogP contribution in [-0.2, 0) is 26.1 Å². The van der Waals surface area contributed by atoms with Gasteiger partial charge in [0, 0.05) is 16.4 Å². The summed E-state index contributed by atoms with van der Waals surface area (Å²) in [6.45, 7) is 2.65. The molecule has 9 heteroatoms. The molecule has 2 aromatic carbocycles. The summed E-state index contributed by atoms with van der Waals surface area (Å²) in [5.74, 6) is -0.413. The Kier molecular flexibility index (Phi) is 7.73. The van der Waals surface area contributed by atoms with Gasteiger partial charge in [0.25, 0.3) is 5.91 Å². The number of sulfone groups is 2. The molecule has 0 saturated carbocycles. The van der Waals surface area contributed by atoms with Crippen LogP contribution in [0.2, 0.25) is 0 Å². The highest BCUT2D eigenvalue weighted by molar-refractivity contribution is 8.01. The van der Waals surface area contributed by atoms with Gasteiger partial charge in [-0.15, -0.1) is 0 Å². The lowest BCUT2D eigenvalue weighted by molar-refractivity contribution is 0.0936.